The summed E-state index contributed by atoms with van der Waals surface area (Å²) in [6.45, 7) is 9.84. The predicted octanol–water partition coefficient (Wildman–Crippen LogP) is 8.13. The predicted molar refractivity (Wildman–Crippen MR) is 174 cm³/mol. The Morgan fingerprint density at radius 3 is 1.87 bits per heavy atom. The van der Waals surface area contributed by atoms with Crippen LogP contribution in [0.5, 0.6) is 11.5 Å². The highest BCUT2D eigenvalue weighted by atomic mass is 32.2. The average Bonchev–Trinajstić information content (AvgIpc) is 3.37. The first-order valence-electron chi connectivity index (χ1n) is 16.4. The van der Waals surface area contributed by atoms with Crippen molar-refractivity contribution in [3.05, 3.63) is 59.2 Å². The molecule has 0 bridgehead atoms. The van der Waals surface area contributed by atoms with Crippen molar-refractivity contribution in [2.24, 2.45) is 5.92 Å². The molecule has 2 aromatic rings. The number of imide groups is 1. The SMILES string of the molecule is CC(C)(C)OC(=O)N1CC[C@@H](c2ccc(OS(=O)(=O)C(F)(F)C(F)(F)C(F)(F)C(F)(F)F)cc2)[C@H](COc2ccc3c(c2)C(=O)N(C(=O)OC(C)(C)C)C3)C1. The zero-order valence-corrected chi connectivity index (χ0v) is 30.9. The minimum atomic E-state index is -7.46. The number of benzene rings is 2. The molecule has 2 atom stereocenters. The van der Waals surface area contributed by atoms with Crippen LogP contribution in [0.25, 0.3) is 0 Å². The van der Waals surface area contributed by atoms with Gasteiger partial charge in [0.1, 0.15) is 22.7 Å². The molecule has 0 spiro atoms. The molecule has 21 heteroatoms. The molecule has 306 valence electrons. The molecule has 1 fully saturated rings. The summed E-state index contributed by atoms with van der Waals surface area (Å²) in [5.41, 5.74) is -0.671. The van der Waals surface area contributed by atoms with Crippen molar-refractivity contribution in [3.8, 4) is 11.5 Å². The second kappa shape index (κ2) is 14.6. The van der Waals surface area contributed by atoms with Crippen LogP contribution in [0.1, 0.15) is 75.4 Å². The Kier molecular flexibility index (Phi) is 11.5. The Morgan fingerprint density at radius 2 is 1.33 bits per heavy atom. The molecule has 2 heterocycles. The Bertz CT molecular complexity index is 1890. The zero-order chi connectivity index (χ0) is 41.7. The van der Waals surface area contributed by atoms with Crippen molar-refractivity contribution in [3.63, 3.8) is 0 Å². The van der Waals surface area contributed by atoms with Gasteiger partial charge in [-0.2, -0.15) is 47.9 Å². The summed E-state index contributed by atoms with van der Waals surface area (Å²) in [7, 11) is -7.15. The molecule has 0 radical (unpaired) electrons. The maximum absolute atomic E-state index is 14.2. The number of piperidine rings is 1. The number of fused-ring (bicyclic) bond motifs is 1. The molecule has 1 saturated heterocycles. The van der Waals surface area contributed by atoms with Gasteiger partial charge in [0.05, 0.1) is 13.2 Å². The number of carbonyl (C=O) groups excluding carboxylic acids is 3. The molecular formula is C34H37F9N2O9S. The molecule has 0 aromatic heterocycles. The third-order valence-electron chi connectivity index (χ3n) is 8.29. The number of carbonyl (C=O) groups is 3. The molecule has 0 aliphatic carbocycles. The van der Waals surface area contributed by atoms with Crippen LogP contribution in [-0.2, 0) is 26.1 Å². The molecule has 11 nitrogen and oxygen atoms in total. The topological polar surface area (TPSA) is 129 Å². The Hall–Kier alpha value is -4.43. The number of likely N-dealkylation sites (tertiary alicyclic amines) is 1. The van der Waals surface area contributed by atoms with Crippen LogP contribution in [0.2, 0.25) is 0 Å². The van der Waals surface area contributed by atoms with E-state index in [0.29, 0.717) is 23.3 Å². The maximum atomic E-state index is 14.2. The van der Waals surface area contributed by atoms with Gasteiger partial charge < -0.3 is 23.3 Å². The summed E-state index contributed by atoms with van der Waals surface area (Å²) >= 11 is 0. The number of hydrogen-bond donors (Lipinski definition) is 0. The van der Waals surface area contributed by atoms with E-state index in [9.17, 15) is 62.3 Å². The molecule has 55 heavy (non-hydrogen) atoms. The molecule has 2 aliphatic rings. The fraction of sp³-hybridized carbons (Fsp3) is 0.559. The van der Waals surface area contributed by atoms with Crippen molar-refractivity contribution >= 4 is 28.2 Å². The van der Waals surface area contributed by atoms with Gasteiger partial charge in [-0.3, -0.25) is 4.79 Å². The first-order chi connectivity index (χ1) is 24.9. The van der Waals surface area contributed by atoms with E-state index in [1.807, 2.05) is 0 Å². The van der Waals surface area contributed by atoms with Crippen molar-refractivity contribution in [2.75, 3.05) is 19.7 Å². The van der Waals surface area contributed by atoms with Crippen LogP contribution in [0.4, 0.5) is 49.1 Å². The van der Waals surface area contributed by atoms with Gasteiger partial charge in [0.25, 0.3) is 5.91 Å². The van der Waals surface area contributed by atoms with E-state index in [-0.39, 0.29) is 44.0 Å². The van der Waals surface area contributed by atoms with E-state index < -0.39 is 80.3 Å². The number of halogens is 9. The van der Waals surface area contributed by atoms with Crippen molar-refractivity contribution in [2.45, 2.75) is 94.9 Å². The van der Waals surface area contributed by atoms with Crippen LogP contribution in [0, 0.1) is 5.92 Å². The average molecular weight is 821 g/mol. The molecule has 2 aromatic carbocycles. The molecular weight excluding hydrogens is 783 g/mol. The lowest BCUT2D eigenvalue weighted by molar-refractivity contribution is -0.382. The van der Waals surface area contributed by atoms with Crippen LogP contribution < -0.4 is 8.92 Å². The van der Waals surface area contributed by atoms with Crippen molar-refractivity contribution in [1.29, 1.82) is 0 Å². The third-order valence-corrected chi connectivity index (χ3v) is 9.59. The maximum Gasteiger partial charge on any atom is 0.460 e. The molecule has 3 amide bonds. The van der Waals surface area contributed by atoms with Crippen molar-refractivity contribution in [1.82, 2.24) is 9.80 Å². The number of nitrogens with zero attached hydrogens (tertiary/aromatic N) is 2. The Labute approximate surface area is 309 Å². The fourth-order valence-electron chi connectivity index (χ4n) is 5.64. The Morgan fingerprint density at radius 1 is 0.782 bits per heavy atom. The third kappa shape index (κ3) is 9.01. The summed E-state index contributed by atoms with van der Waals surface area (Å²) in [4.78, 5) is 40.9. The lowest BCUT2D eigenvalue weighted by Gasteiger charge is -2.39. The number of amides is 3. The Balaban J connectivity index is 1.55. The minimum Gasteiger partial charge on any atom is -0.493 e. The van der Waals surface area contributed by atoms with E-state index >= 15 is 0 Å². The van der Waals surface area contributed by atoms with E-state index in [1.165, 1.54) is 11.0 Å². The summed E-state index contributed by atoms with van der Waals surface area (Å²) in [5.74, 6) is -17.6. The molecule has 0 saturated carbocycles. The van der Waals surface area contributed by atoms with Gasteiger partial charge in [-0.05, 0) is 89.3 Å². The van der Waals surface area contributed by atoms with Crippen LogP contribution in [-0.4, -0.2) is 90.5 Å². The smallest absolute Gasteiger partial charge is 0.460 e. The van der Waals surface area contributed by atoms with E-state index in [0.717, 1.165) is 17.0 Å². The highest BCUT2D eigenvalue weighted by molar-refractivity contribution is 7.88. The fourth-order valence-corrected chi connectivity index (χ4v) is 6.55. The summed E-state index contributed by atoms with van der Waals surface area (Å²) < 4.78 is 165. The van der Waals surface area contributed by atoms with E-state index in [4.69, 9.17) is 14.2 Å². The lowest BCUT2D eigenvalue weighted by atomic mass is 9.81. The molecule has 0 N–H and O–H groups in total. The number of hydrogen-bond acceptors (Lipinski definition) is 9. The summed E-state index contributed by atoms with van der Waals surface area (Å²) in [6.07, 6.45) is -8.54. The quantitative estimate of drug-likeness (QED) is 0.182. The standard InChI is InChI=1S/C34H37F9N2O9S/c1-29(2,3)52-27(47)44-14-13-24(19-7-10-22(11-8-19)54-55(49,50)34(42,43)32(37,38)31(35,36)33(39,40)41)21(16-44)18-51-23-12-9-20-17-45(26(46)25(20)15-23)28(48)53-30(4,5)6/h7-12,15,21,24H,13-14,16-18H2,1-6H3/t21-,24-/m0/s1. The number of rotatable bonds is 9. The molecule has 4 rings (SSSR count). The highest BCUT2D eigenvalue weighted by Gasteiger charge is 2.86. The van der Waals surface area contributed by atoms with Gasteiger partial charge in [0, 0.05) is 24.6 Å². The monoisotopic (exact) mass is 820 g/mol. The van der Waals surface area contributed by atoms with Gasteiger partial charge in [0.15, 0.2) is 0 Å². The van der Waals surface area contributed by atoms with Gasteiger partial charge in [-0.1, -0.05) is 18.2 Å². The first kappa shape index (κ1) is 43.3. The minimum absolute atomic E-state index is 0.0111. The summed E-state index contributed by atoms with van der Waals surface area (Å²) in [5, 5.41) is -7.04. The number of alkyl halides is 9. The largest absolute Gasteiger partial charge is 0.493 e. The zero-order valence-electron chi connectivity index (χ0n) is 30.1. The van der Waals surface area contributed by atoms with Crippen LogP contribution in [0.15, 0.2) is 42.5 Å². The molecule has 2 aliphatic heterocycles. The van der Waals surface area contributed by atoms with Gasteiger partial charge >= 0.3 is 45.6 Å². The van der Waals surface area contributed by atoms with Gasteiger partial charge in [0.2, 0.25) is 0 Å². The summed E-state index contributed by atoms with van der Waals surface area (Å²) in [6, 6.07) is 8.17. The second-order valence-corrected chi connectivity index (χ2v) is 16.4. The molecule has 0 unspecified atom stereocenters. The lowest BCUT2D eigenvalue weighted by Crippen LogP contribution is -2.63. The van der Waals surface area contributed by atoms with Crippen molar-refractivity contribution < 1.29 is 80.7 Å². The number of ether oxygens (including phenoxy) is 3. The van der Waals surface area contributed by atoms with E-state index in [1.54, 1.807) is 53.7 Å². The first-order valence-corrected chi connectivity index (χ1v) is 17.8. The normalized spacial score (nSPS) is 18.9. The van der Waals surface area contributed by atoms with E-state index in [2.05, 4.69) is 4.18 Å². The highest BCUT2D eigenvalue weighted by Crippen LogP contribution is 2.55. The van der Waals surface area contributed by atoms with Gasteiger partial charge in [-0.15, -0.1) is 0 Å². The van der Waals surface area contributed by atoms with Crippen LogP contribution >= 0.6 is 0 Å². The van der Waals surface area contributed by atoms with Gasteiger partial charge in [-0.25, -0.2) is 14.5 Å². The second-order valence-electron chi connectivity index (χ2n) is 14.9. The van der Waals surface area contributed by atoms with Crippen LogP contribution in [0.3, 0.4) is 0 Å².